The van der Waals surface area contributed by atoms with E-state index in [2.05, 4.69) is 19.2 Å². The highest BCUT2D eigenvalue weighted by atomic mass is 35.5. The van der Waals surface area contributed by atoms with Gasteiger partial charge in [0.2, 0.25) is 11.8 Å². The van der Waals surface area contributed by atoms with E-state index in [4.69, 9.17) is 16.3 Å². The number of carbonyl (C=O) groups excluding carboxylic acids is 2. The molecule has 30 heavy (non-hydrogen) atoms. The fourth-order valence-electron chi connectivity index (χ4n) is 3.35. The lowest BCUT2D eigenvalue weighted by atomic mass is 9.92. The maximum absolute atomic E-state index is 13.2. The highest BCUT2D eigenvalue weighted by Crippen LogP contribution is 2.38. The molecular weight excluding hydrogens is 400 g/mol. The Hall–Kier alpha value is -2.53. The van der Waals surface area contributed by atoms with E-state index in [9.17, 15) is 9.59 Å². The van der Waals surface area contributed by atoms with Crippen LogP contribution in [0.15, 0.2) is 42.5 Å². The molecule has 2 amide bonds. The van der Waals surface area contributed by atoms with Crippen molar-refractivity contribution in [3.8, 4) is 5.75 Å². The molecule has 1 heterocycles. The third kappa shape index (κ3) is 5.14. The molecular formula is C24H29ClN2O3. The van der Waals surface area contributed by atoms with E-state index < -0.39 is 5.41 Å². The minimum atomic E-state index is -0.622. The monoisotopic (exact) mass is 428 g/mol. The molecule has 0 atom stereocenters. The maximum atomic E-state index is 13.2. The van der Waals surface area contributed by atoms with Gasteiger partial charge in [-0.05, 0) is 56.0 Å². The quantitative estimate of drug-likeness (QED) is 0.677. The Bertz CT molecular complexity index is 940. The van der Waals surface area contributed by atoms with Crippen LogP contribution in [0, 0.1) is 11.3 Å². The summed E-state index contributed by atoms with van der Waals surface area (Å²) >= 11 is 6.17. The summed E-state index contributed by atoms with van der Waals surface area (Å²) in [5.74, 6) is 0.980. The van der Waals surface area contributed by atoms with E-state index in [1.807, 2.05) is 44.2 Å². The number of anilines is 2. The van der Waals surface area contributed by atoms with Crippen molar-refractivity contribution < 1.29 is 14.3 Å². The topological polar surface area (TPSA) is 58.6 Å². The van der Waals surface area contributed by atoms with E-state index in [-0.39, 0.29) is 18.2 Å². The Morgan fingerprint density at radius 1 is 1.23 bits per heavy atom. The summed E-state index contributed by atoms with van der Waals surface area (Å²) < 4.78 is 5.95. The zero-order chi connectivity index (χ0) is 21.9. The molecule has 2 aromatic carbocycles. The van der Waals surface area contributed by atoms with Crippen LogP contribution < -0.4 is 15.0 Å². The van der Waals surface area contributed by atoms with Gasteiger partial charge in [-0.25, -0.2) is 0 Å². The van der Waals surface area contributed by atoms with Crippen molar-refractivity contribution in [3.05, 3.63) is 53.1 Å². The lowest BCUT2D eigenvalue weighted by molar-refractivity contribution is -0.127. The van der Waals surface area contributed by atoms with Crippen molar-refractivity contribution in [3.63, 3.8) is 0 Å². The Morgan fingerprint density at radius 3 is 2.67 bits per heavy atom. The molecule has 1 aliphatic heterocycles. The number of nitrogens with one attached hydrogen (secondary N) is 1. The second-order valence-electron chi connectivity index (χ2n) is 8.81. The molecule has 0 spiro atoms. The summed E-state index contributed by atoms with van der Waals surface area (Å²) in [5, 5.41) is 3.48. The molecule has 3 rings (SSSR count). The number of fused-ring (bicyclic) bond motifs is 1. The standard InChI is InChI=1S/C24H29ClN2O3/c1-16(2)11-12-27-20-14-18(9-10-21(20)30-15-24(3,4)23(27)29)26-22(28)13-17-7-5-6-8-19(17)25/h5-10,14,16H,11-13,15H2,1-4H3,(H,26,28). The van der Waals surface area contributed by atoms with E-state index in [0.717, 1.165) is 12.0 Å². The number of rotatable bonds is 6. The first-order valence-electron chi connectivity index (χ1n) is 10.3. The number of hydrogen-bond donors (Lipinski definition) is 1. The third-order valence-electron chi connectivity index (χ3n) is 5.19. The molecule has 0 fully saturated rings. The predicted octanol–water partition coefficient (Wildman–Crippen LogP) is 5.32. The van der Waals surface area contributed by atoms with Crippen molar-refractivity contribution in [1.82, 2.24) is 0 Å². The molecule has 160 valence electrons. The van der Waals surface area contributed by atoms with Crippen LogP contribution in [0.3, 0.4) is 0 Å². The molecule has 2 aromatic rings. The van der Waals surface area contributed by atoms with Crippen LogP contribution in [0.5, 0.6) is 5.75 Å². The number of amides is 2. The molecule has 0 bridgehead atoms. The summed E-state index contributed by atoms with van der Waals surface area (Å²) in [6.45, 7) is 8.99. The van der Waals surface area contributed by atoms with E-state index >= 15 is 0 Å². The van der Waals surface area contributed by atoms with Gasteiger partial charge in [-0.15, -0.1) is 0 Å². The zero-order valence-corrected chi connectivity index (χ0v) is 18.8. The first kappa shape index (κ1) is 22.2. The average molecular weight is 429 g/mol. The lowest BCUT2D eigenvalue weighted by Crippen LogP contribution is -2.42. The minimum absolute atomic E-state index is 0.0291. The van der Waals surface area contributed by atoms with Crippen molar-refractivity contribution in [1.29, 1.82) is 0 Å². The van der Waals surface area contributed by atoms with E-state index in [1.165, 1.54) is 0 Å². The van der Waals surface area contributed by atoms with E-state index in [1.54, 1.807) is 17.0 Å². The molecule has 0 saturated carbocycles. The second-order valence-corrected chi connectivity index (χ2v) is 9.22. The van der Waals surface area contributed by atoms with Gasteiger partial charge >= 0.3 is 0 Å². The molecule has 0 radical (unpaired) electrons. The number of ether oxygens (including phenoxy) is 1. The highest BCUT2D eigenvalue weighted by molar-refractivity contribution is 6.31. The van der Waals surface area contributed by atoms with Gasteiger partial charge in [0.1, 0.15) is 12.4 Å². The number of hydrogen-bond acceptors (Lipinski definition) is 3. The first-order chi connectivity index (χ1) is 14.2. The Kier molecular flexibility index (Phi) is 6.71. The molecule has 5 nitrogen and oxygen atoms in total. The number of halogens is 1. The van der Waals surface area contributed by atoms with Crippen molar-refractivity contribution >= 4 is 34.8 Å². The molecule has 0 saturated heterocycles. The number of benzene rings is 2. The molecule has 1 aliphatic rings. The van der Waals surface area contributed by atoms with Crippen LogP contribution in [0.2, 0.25) is 5.02 Å². The van der Waals surface area contributed by atoms with Gasteiger partial charge in [0.15, 0.2) is 0 Å². The summed E-state index contributed by atoms with van der Waals surface area (Å²) in [5.41, 5.74) is 1.46. The van der Waals surface area contributed by atoms with Gasteiger partial charge in [-0.1, -0.05) is 43.6 Å². The van der Waals surface area contributed by atoms with Crippen molar-refractivity contribution in [2.45, 2.75) is 40.5 Å². The van der Waals surface area contributed by atoms with Gasteiger partial charge in [-0.3, -0.25) is 9.59 Å². The lowest BCUT2D eigenvalue weighted by Gasteiger charge is -2.28. The molecule has 0 unspecified atom stereocenters. The van der Waals surface area contributed by atoms with Crippen molar-refractivity contribution in [2.75, 3.05) is 23.4 Å². The Morgan fingerprint density at radius 2 is 1.97 bits per heavy atom. The maximum Gasteiger partial charge on any atom is 0.236 e. The van der Waals surface area contributed by atoms with Crippen LogP contribution in [-0.2, 0) is 16.0 Å². The summed E-state index contributed by atoms with van der Waals surface area (Å²) in [6.07, 6.45) is 1.06. The van der Waals surface area contributed by atoms with Gasteiger partial charge < -0.3 is 15.0 Å². The summed E-state index contributed by atoms with van der Waals surface area (Å²) in [6, 6.07) is 12.7. The van der Waals surface area contributed by atoms with Gasteiger partial charge in [0.05, 0.1) is 17.5 Å². The van der Waals surface area contributed by atoms with Gasteiger partial charge in [-0.2, -0.15) is 0 Å². The summed E-state index contributed by atoms with van der Waals surface area (Å²) in [4.78, 5) is 27.5. The van der Waals surface area contributed by atoms with E-state index in [0.29, 0.717) is 41.2 Å². The number of nitrogens with zero attached hydrogens (tertiary/aromatic N) is 1. The van der Waals surface area contributed by atoms with Crippen LogP contribution in [0.1, 0.15) is 39.7 Å². The average Bonchev–Trinajstić information content (AvgIpc) is 2.77. The fraction of sp³-hybridized carbons (Fsp3) is 0.417. The molecule has 6 heteroatoms. The molecule has 1 N–H and O–H groups in total. The Balaban J connectivity index is 1.84. The van der Waals surface area contributed by atoms with Crippen LogP contribution in [0.25, 0.3) is 0 Å². The first-order valence-corrected chi connectivity index (χ1v) is 10.7. The molecule has 0 aliphatic carbocycles. The van der Waals surface area contributed by atoms with Crippen LogP contribution in [-0.4, -0.2) is 25.0 Å². The smallest absolute Gasteiger partial charge is 0.236 e. The largest absolute Gasteiger partial charge is 0.490 e. The molecule has 0 aromatic heterocycles. The normalized spacial score (nSPS) is 15.4. The Labute approximate surface area is 183 Å². The second kappa shape index (κ2) is 9.09. The minimum Gasteiger partial charge on any atom is -0.490 e. The zero-order valence-electron chi connectivity index (χ0n) is 18.0. The third-order valence-corrected chi connectivity index (χ3v) is 5.55. The van der Waals surface area contributed by atoms with Gasteiger partial charge in [0.25, 0.3) is 0 Å². The van der Waals surface area contributed by atoms with Gasteiger partial charge in [0, 0.05) is 17.3 Å². The van der Waals surface area contributed by atoms with Crippen molar-refractivity contribution in [2.24, 2.45) is 11.3 Å². The highest BCUT2D eigenvalue weighted by Gasteiger charge is 2.37. The summed E-state index contributed by atoms with van der Waals surface area (Å²) in [7, 11) is 0. The van der Waals surface area contributed by atoms with Crippen LogP contribution in [0.4, 0.5) is 11.4 Å². The number of carbonyl (C=O) groups is 2. The fourth-order valence-corrected chi connectivity index (χ4v) is 3.55. The SMILES string of the molecule is CC(C)CCN1C(=O)C(C)(C)COc2ccc(NC(=O)Cc3ccccc3Cl)cc21. The predicted molar refractivity (Wildman–Crippen MR) is 121 cm³/mol. The van der Waals surface area contributed by atoms with Crippen LogP contribution >= 0.6 is 11.6 Å².